The van der Waals surface area contributed by atoms with Crippen molar-refractivity contribution in [3.05, 3.63) is 5.82 Å². The lowest BCUT2D eigenvalue weighted by Gasteiger charge is -2.29. The highest BCUT2D eigenvalue weighted by Gasteiger charge is 2.27. The van der Waals surface area contributed by atoms with Crippen LogP contribution < -0.4 is 5.32 Å². The maximum atomic E-state index is 11.2. The van der Waals surface area contributed by atoms with Crippen LogP contribution in [0.3, 0.4) is 0 Å². The van der Waals surface area contributed by atoms with Gasteiger partial charge in [-0.2, -0.15) is 10.1 Å². The summed E-state index contributed by atoms with van der Waals surface area (Å²) in [6.07, 6.45) is 1.14. The van der Waals surface area contributed by atoms with E-state index in [9.17, 15) is 4.79 Å². The lowest BCUT2D eigenvalue weighted by atomic mass is 9.98. The Morgan fingerprint density at radius 2 is 2.41 bits per heavy atom. The number of carbonyl (C=O) groups excluding carboxylic acids is 1. The minimum absolute atomic E-state index is 0.128. The molecule has 1 aromatic heterocycles. The Balaban J connectivity index is 2.22. The zero-order chi connectivity index (χ0) is 12.4. The van der Waals surface area contributed by atoms with Crippen molar-refractivity contribution in [1.82, 2.24) is 14.8 Å². The number of nitrogens with one attached hydrogen (secondary N) is 1. The van der Waals surface area contributed by atoms with Gasteiger partial charge < -0.3 is 10.1 Å². The van der Waals surface area contributed by atoms with Gasteiger partial charge in [-0.15, -0.1) is 0 Å². The lowest BCUT2D eigenvalue weighted by molar-refractivity contribution is -0.139. The van der Waals surface area contributed by atoms with E-state index >= 15 is 0 Å². The maximum Gasteiger partial charge on any atom is 0.313 e. The highest BCUT2D eigenvalue weighted by Crippen LogP contribution is 2.28. The number of hydrogen-bond donors (Lipinski definition) is 1. The molecule has 0 aliphatic carbocycles. The van der Waals surface area contributed by atoms with Gasteiger partial charge in [0.15, 0.2) is 5.82 Å². The van der Waals surface area contributed by atoms with E-state index in [0.29, 0.717) is 17.8 Å². The number of methoxy groups -OCH3 is 1. The van der Waals surface area contributed by atoms with Crippen molar-refractivity contribution < 1.29 is 9.53 Å². The number of ether oxygens (including phenoxy) is 1. The Kier molecular flexibility index (Phi) is 3.31. The smallest absolute Gasteiger partial charge is 0.313 e. The number of carbonyl (C=O) groups is 1. The Hall–Kier alpha value is -1.59. The first-order valence-corrected chi connectivity index (χ1v) is 5.91. The molecule has 0 saturated carbocycles. The van der Waals surface area contributed by atoms with Crippen LogP contribution in [-0.2, 0) is 16.0 Å². The molecule has 0 fully saturated rings. The summed E-state index contributed by atoms with van der Waals surface area (Å²) >= 11 is 0. The van der Waals surface area contributed by atoms with E-state index in [-0.39, 0.29) is 12.4 Å². The standard InChI is InChI=1S/C11H18N4O2/c1-4-8-7(2)6-12-11-13-9(14-15(8)11)5-10(16)17-3/h7-8H,4-6H2,1-3H3,(H,12,13,14). The van der Waals surface area contributed by atoms with Crippen LogP contribution in [0.4, 0.5) is 5.95 Å². The maximum absolute atomic E-state index is 11.2. The summed E-state index contributed by atoms with van der Waals surface area (Å²) in [4.78, 5) is 15.5. The fraction of sp³-hybridized carbons (Fsp3) is 0.727. The van der Waals surface area contributed by atoms with E-state index in [4.69, 9.17) is 0 Å². The number of anilines is 1. The van der Waals surface area contributed by atoms with Crippen LogP contribution in [0.5, 0.6) is 0 Å². The SMILES string of the molecule is CCC1C(C)CNc2nc(CC(=O)OC)nn21. The van der Waals surface area contributed by atoms with E-state index in [1.165, 1.54) is 7.11 Å². The fourth-order valence-electron chi connectivity index (χ4n) is 2.20. The summed E-state index contributed by atoms with van der Waals surface area (Å²) in [7, 11) is 1.37. The van der Waals surface area contributed by atoms with Crippen molar-refractivity contribution in [1.29, 1.82) is 0 Å². The largest absolute Gasteiger partial charge is 0.469 e. The number of esters is 1. The monoisotopic (exact) mass is 238 g/mol. The molecule has 1 aliphatic rings. The third-order valence-corrected chi connectivity index (χ3v) is 3.18. The Morgan fingerprint density at radius 3 is 3.06 bits per heavy atom. The third-order valence-electron chi connectivity index (χ3n) is 3.18. The van der Waals surface area contributed by atoms with Crippen molar-refractivity contribution in [3.63, 3.8) is 0 Å². The average Bonchev–Trinajstić information content (AvgIpc) is 2.71. The normalized spacial score (nSPS) is 22.8. The predicted octanol–water partition coefficient (Wildman–Crippen LogP) is 1.01. The Bertz CT molecular complexity index is 416. The molecule has 0 aromatic carbocycles. The summed E-state index contributed by atoms with van der Waals surface area (Å²) in [6.45, 7) is 5.22. The number of hydrogen-bond acceptors (Lipinski definition) is 5. The zero-order valence-electron chi connectivity index (χ0n) is 10.4. The van der Waals surface area contributed by atoms with Crippen molar-refractivity contribution in [3.8, 4) is 0 Å². The molecule has 6 nitrogen and oxygen atoms in total. The van der Waals surface area contributed by atoms with Crippen LogP contribution in [0.15, 0.2) is 0 Å². The zero-order valence-corrected chi connectivity index (χ0v) is 10.4. The van der Waals surface area contributed by atoms with Gasteiger partial charge in [0.25, 0.3) is 0 Å². The molecule has 2 atom stereocenters. The van der Waals surface area contributed by atoms with Crippen LogP contribution in [0.2, 0.25) is 0 Å². The Labute approximate surface area is 100 Å². The van der Waals surface area contributed by atoms with Gasteiger partial charge in [0, 0.05) is 6.54 Å². The average molecular weight is 238 g/mol. The van der Waals surface area contributed by atoms with Crippen LogP contribution in [0.25, 0.3) is 0 Å². The molecule has 17 heavy (non-hydrogen) atoms. The van der Waals surface area contributed by atoms with Gasteiger partial charge in [-0.3, -0.25) is 4.79 Å². The fourth-order valence-corrected chi connectivity index (χ4v) is 2.20. The van der Waals surface area contributed by atoms with Crippen LogP contribution >= 0.6 is 0 Å². The van der Waals surface area contributed by atoms with Crippen molar-refractivity contribution in [2.24, 2.45) is 5.92 Å². The first kappa shape index (κ1) is 11.9. The Morgan fingerprint density at radius 1 is 1.65 bits per heavy atom. The second kappa shape index (κ2) is 4.73. The quantitative estimate of drug-likeness (QED) is 0.796. The summed E-state index contributed by atoms with van der Waals surface area (Å²) in [5.41, 5.74) is 0. The second-order valence-electron chi connectivity index (χ2n) is 4.38. The molecule has 2 heterocycles. The molecule has 94 valence electrons. The van der Waals surface area contributed by atoms with Crippen molar-refractivity contribution >= 4 is 11.9 Å². The minimum Gasteiger partial charge on any atom is -0.469 e. The van der Waals surface area contributed by atoms with E-state index in [1.54, 1.807) is 0 Å². The van der Waals surface area contributed by atoms with E-state index < -0.39 is 0 Å². The molecule has 0 spiro atoms. The molecule has 1 aromatic rings. The van der Waals surface area contributed by atoms with Crippen LogP contribution in [-0.4, -0.2) is 34.4 Å². The van der Waals surface area contributed by atoms with E-state index in [2.05, 4.69) is 34.0 Å². The van der Waals surface area contributed by atoms with Gasteiger partial charge in [-0.1, -0.05) is 13.8 Å². The molecule has 1 N–H and O–H groups in total. The summed E-state index contributed by atoms with van der Waals surface area (Å²) < 4.78 is 6.51. The number of aromatic nitrogens is 3. The molecular weight excluding hydrogens is 220 g/mol. The van der Waals surface area contributed by atoms with Crippen LogP contribution in [0.1, 0.15) is 32.1 Å². The topological polar surface area (TPSA) is 69.0 Å². The van der Waals surface area contributed by atoms with E-state index in [0.717, 1.165) is 18.9 Å². The molecule has 6 heteroatoms. The van der Waals surface area contributed by atoms with Crippen LogP contribution in [0, 0.1) is 5.92 Å². The molecule has 0 saturated heterocycles. The van der Waals surface area contributed by atoms with E-state index in [1.807, 2.05) is 4.68 Å². The number of nitrogens with zero attached hydrogens (tertiary/aromatic N) is 3. The minimum atomic E-state index is -0.311. The lowest BCUT2D eigenvalue weighted by Crippen LogP contribution is -2.31. The van der Waals surface area contributed by atoms with Crippen molar-refractivity contribution in [2.45, 2.75) is 32.7 Å². The van der Waals surface area contributed by atoms with Gasteiger partial charge in [0.05, 0.1) is 13.2 Å². The van der Waals surface area contributed by atoms with Gasteiger partial charge >= 0.3 is 5.97 Å². The number of rotatable bonds is 3. The first-order valence-electron chi connectivity index (χ1n) is 5.91. The second-order valence-corrected chi connectivity index (χ2v) is 4.38. The molecule has 1 aliphatic heterocycles. The third kappa shape index (κ3) is 2.25. The highest BCUT2D eigenvalue weighted by atomic mass is 16.5. The molecule has 2 rings (SSSR count). The summed E-state index contributed by atoms with van der Waals surface area (Å²) in [6, 6.07) is 0.352. The number of fused-ring (bicyclic) bond motifs is 1. The van der Waals surface area contributed by atoms with Gasteiger partial charge in [0.1, 0.15) is 6.42 Å². The summed E-state index contributed by atoms with van der Waals surface area (Å²) in [5, 5.41) is 7.61. The predicted molar refractivity (Wildman–Crippen MR) is 62.7 cm³/mol. The van der Waals surface area contributed by atoms with Crippen molar-refractivity contribution in [2.75, 3.05) is 19.0 Å². The molecule has 0 amide bonds. The highest BCUT2D eigenvalue weighted by molar-refractivity contribution is 5.71. The first-order chi connectivity index (χ1) is 8.15. The van der Waals surface area contributed by atoms with Gasteiger partial charge in [-0.25, -0.2) is 4.68 Å². The summed E-state index contributed by atoms with van der Waals surface area (Å²) in [5.74, 6) is 1.48. The molecular formula is C11H18N4O2. The molecule has 0 radical (unpaired) electrons. The van der Waals surface area contributed by atoms with Gasteiger partial charge in [-0.05, 0) is 12.3 Å². The molecule has 2 unspecified atom stereocenters. The van der Waals surface area contributed by atoms with Gasteiger partial charge in [0.2, 0.25) is 5.95 Å². The molecule has 0 bridgehead atoms.